The van der Waals surface area contributed by atoms with Crippen LogP contribution in [0.4, 0.5) is 0 Å². The molecule has 0 aliphatic carbocycles. The number of rotatable bonds is 0. The van der Waals surface area contributed by atoms with E-state index < -0.39 is 0 Å². The Morgan fingerprint density at radius 2 is 0.750 bits per heavy atom. The molecular formula is C3Cs3N3Se3. The van der Waals surface area contributed by atoms with Gasteiger partial charge in [0.15, 0.2) is 0 Å². The van der Waals surface area contributed by atoms with Crippen molar-refractivity contribution < 1.29 is 0 Å². The van der Waals surface area contributed by atoms with E-state index in [-0.39, 0.29) is 0 Å². The van der Waals surface area contributed by atoms with Crippen LogP contribution in [0, 0.1) is 30.7 Å². The van der Waals surface area contributed by atoms with Gasteiger partial charge in [0.2, 0.25) is 0 Å². The summed E-state index contributed by atoms with van der Waals surface area (Å²) in [5.74, 6) is 0. The van der Waals surface area contributed by atoms with Gasteiger partial charge in [-0.1, -0.05) is 0 Å². The molecule has 0 amide bonds. The molecule has 0 saturated heterocycles. The zero-order chi connectivity index (χ0) is 10.2. The van der Waals surface area contributed by atoms with Crippen LogP contribution >= 0.6 is 0 Å². The summed E-state index contributed by atoms with van der Waals surface area (Å²) in [6.45, 7) is 0. The van der Waals surface area contributed by atoms with Gasteiger partial charge in [-0.25, -0.2) is 0 Å². The molecule has 3 nitrogen and oxygen atoms in total. The fourth-order valence-electron chi connectivity index (χ4n) is 0. The van der Waals surface area contributed by atoms with Gasteiger partial charge < -0.3 is 0 Å². The van der Waals surface area contributed by atoms with Crippen LogP contribution < -0.4 is 0 Å². The summed E-state index contributed by atoms with van der Waals surface area (Å²) in [5.41, 5.74) is 0. The second kappa shape index (κ2) is 30.3. The third kappa shape index (κ3) is 44.2. The van der Waals surface area contributed by atoms with E-state index in [9.17, 15) is 0 Å². The van der Waals surface area contributed by atoms with Gasteiger partial charge in [0.05, 0.1) is 0 Å². The molecule has 0 spiro atoms. The molecule has 0 aromatic carbocycles. The average Bonchev–Trinajstić information content (AvgIpc) is 2.18. The van der Waals surface area contributed by atoms with Crippen LogP contribution in [0.1, 0.15) is 0 Å². The van der Waals surface area contributed by atoms with Crippen LogP contribution in [-0.4, -0.2) is 189 Å². The quantitative estimate of drug-likeness (QED) is 0.267. The summed E-state index contributed by atoms with van der Waals surface area (Å²) in [5, 5.41) is 23.1. The monoisotopic (exact) mass is 716 g/mol. The van der Waals surface area contributed by atoms with E-state index in [1.54, 1.807) is 0 Å². The third-order valence-corrected chi connectivity index (χ3v) is 10.4. The van der Waals surface area contributed by atoms with Crippen molar-refractivity contribution in [2.45, 2.75) is 0 Å². The Bertz CT molecular complexity index is 147. The summed E-state index contributed by atoms with van der Waals surface area (Å²) in [6, 6.07) is 0. The van der Waals surface area contributed by atoms with E-state index in [2.05, 4.69) is 14.9 Å². The van der Waals surface area contributed by atoms with Gasteiger partial charge >= 0.3 is 220 Å². The maximum absolute atomic E-state index is 7.71. The van der Waals surface area contributed by atoms with Crippen LogP contribution in [0.25, 0.3) is 0 Å². The normalized spacial score (nSPS) is 5.25. The van der Waals surface area contributed by atoms with Gasteiger partial charge in [0.25, 0.3) is 0 Å². The molecule has 0 aliphatic rings. The topological polar surface area (TPSA) is 71.4 Å². The summed E-state index contributed by atoms with van der Waals surface area (Å²) >= 11 is 1.85. The maximum atomic E-state index is 7.71. The van der Waals surface area contributed by atoms with Crippen LogP contribution in [0.3, 0.4) is 0 Å². The van der Waals surface area contributed by atoms with Crippen molar-refractivity contribution in [1.82, 2.24) is 0 Å². The first-order chi connectivity index (χ1) is 5.74. The second-order valence-corrected chi connectivity index (χ2v) is 24.6. The summed E-state index contributed by atoms with van der Waals surface area (Å²) < 4.78 is 1.33. The van der Waals surface area contributed by atoms with E-state index in [4.69, 9.17) is 15.8 Å². The predicted molar refractivity (Wildman–Crippen MR) is 51.4 cm³/mol. The molecule has 0 rings (SSSR count). The molecule has 0 heterocycles. The van der Waals surface area contributed by atoms with Crippen LogP contribution in [0.15, 0.2) is 0 Å². The average molecular weight is 714 g/mol. The second-order valence-electron chi connectivity index (χ2n) is 0.886. The van der Waals surface area contributed by atoms with Crippen molar-refractivity contribution in [1.29, 1.82) is 15.8 Å². The number of hydrogen-bond donors (Lipinski definition) is 0. The first kappa shape index (κ1) is 23.3. The van der Waals surface area contributed by atoms with E-state index >= 15 is 0 Å². The first-order valence-electron chi connectivity index (χ1n) is 2.51. The number of nitriles is 3. The van der Waals surface area contributed by atoms with Gasteiger partial charge in [-0.15, -0.1) is 0 Å². The Hall–Kier alpha value is 6.18. The summed E-state index contributed by atoms with van der Waals surface area (Å²) in [4.78, 5) is 6.28. The van der Waals surface area contributed by atoms with Crippen molar-refractivity contribution in [2.24, 2.45) is 0 Å². The van der Waals surface area contributed by atoms with Crippen LogP contribution in [-0.2, 0) is 0 Å². The van der Waals surface area contributed by atoms with Crippen molar-refractivity contribution in [3.63, 3.8) is 0 Å². The number of hydrogen-bond acceptors (Lipinski definition) is 3. The Labute approximate surface area is 209 Å². The molecule has 0 radical (unpaired) electrons. The Morgan fingerprint density at radius 1 is 0.667 bits per heavy atom. The molecule has 0 aliphatic heterocycles. The third-order valence-electron chi connectivity index (χ3n) is 0.274. The van der Waals surface area contributed by atoms with E-state index in [1.807, 2.05) is 0 Å². The van der Waals surface area contributed by atoms with Gasteiger partial charge in [0.1, 0.15) is 0 Å². The minimum atomic E-state index is 0.444. The molecule has 0 saturated carbocycles. The van der Waals surface area contributed by atoms with Gasteiger partial charge in [-0.05, 0) is 0 Å². The molecule has 0 unspecified atom stereocenters. The predicted octanol–water partition coefficient (Wildman–Crippen LogP) is -2.23. The molecule has 0 aromatic rings. The van der Waals surface area contributed by atoms with Crippen molar-refractivity contribution >= 4 is 189 Å². The molecule has 0 bridgehead atoms. The summed E-state index contributed by atoms with van der Waals surface area (Å²) in [6.07, 6.45) is 0. The summed E-state index contributed by atoms with van der Waals surface area (Å²) in [7, 11) is 0. The van der Waals surface area contributed by atoms with Crippen LogP contribution in [0.5, 0.6) is 0 Å². The molecule has 9 heteroatoms. The molecule has 0 aromatic heterocycles. The van der Waals surface area contributed by atoms with Crippen molar-refractivity contribution in [2.75, 3.05) is 0 Å². The van der Waals surface area contributed by atoms with Crippen molar-refractivity contribution in [3.05, 3.63) is 0 Å². The fraction of sp³-hybridized carbons (Fsp3) is 0. The molecule has 0 fully saturated rings. The molecule has 12 heavy (non-hydrogen) atoms. The SMILES string of the molecule is N#C[Se][Cs].N#C[Se][Cs].N#C[Se][Cs]. The molecule has 48 valence electrons. The van der Waals surface area contributed by atoms with E-state index in [0.29, 0.717) is 189 Å². The van der Waals surface area contributed by atoms with E-state index in [1.165, 1.54) is 0 Å². The Kier molecular flexibility index (Phi) is 58.8. The van der Waals surface area contributed by atoms with Gasteiger partial charge in [-0.3, -0.25) is 0 Å². The zero-order valence-corrected chi connectivity index (χ0v) is 31.0. The van der Waals surface area contributed by atoms with Crippen LogP contribution in [0.2, 0.25) is 0 Å². The van der Waals surface area contributed by atoms with E-state index in [0.717, 1.165) is 0 Å². The Balaban J connectivity index is -0.000000101. The Morgan fingerprint density at radius 3 is 0.750 bits per heavy atom. The van der Waals surface area contributed by atoms with Gasteiger partial charge in [-0.2, -0.15) is 0 Å². The fourth-order valence-corrected chi connectivity index (χ4v) is 0. The van der Waals surface area contributed by atoms with Gasteiger partial charge in [0, 0.05) is 0 Å². The molecule has 0 N–H and O–H groups in total. The van der Waals surface area contributed by atoms with Crippen molar-refractivity contribution in [3.8, 4) is 14.9 Å². The zero-order valence-electron chi connectivity index (χ0n) is 7.07. The number of nitrogens with zero attached hydrogens (tertiary/aromatic N) is 3. The minimum absolute atomic E-state index is 0.444. The molecule has 0 atom stereocenters. The molecular weight excluding hydrogens is 714 g/mol. The first-order valence-corrected chi connectivity index (χ1v) is 50.2. The standard InChI is InChI=1S/3CHNSe.3Cs/c3*2-1-3;;;/h3*3H;;;/q;;;3*+1/p-3.